The number of nitrogens with one attached hydrogen (secondary N) is 5. The molecule has 2 rings (SSSR count). The normalized spacial score (nSPS) is 10.5. The molecule has 1 aromatic heterocycles. The van der Waals surface area contributed by atoms with Gasteiger partial charge in [0.25, 0.3) is 0 Å². The van der Waals surface area contributed by atoms with Crippen LogP contribution in [-0.4, -0.2) is 240 Å². The predicted octanol–water partition coefficient (Wildman–Crippen LogP) is 2.10. The van der Waals surface area contributed by atoms with Gasteiger partial charge >= 0.3 is 17.9 Å². The van der Waals surface area contributed by atoms with Crippen molar-refractivity contribution in [2.75, 3.05) is 173 Å². The molecule has 37 nitrogen and oxygen atoms in total. The summed E-state index contributed by atoms with van der Waals surface area (Å²) in [4.78, 5) is 94.5. The van der Waals surface area contributed by atoms with Crippen LogP contribution in [0.2, 0.25) is 0 Å². The molecule has 92 heavy (non-hydrogen) atoms. The zero-order valence-corrected chi connectivity index (χ0v) is 54.4. The molecule has 0 unspecified atom stereocenters. The van der Waals surface area contributed by atoms with E-state index in [4.69, 9.17) is 71.8 Å². The van der Waals surface area contributed by atoms with Crippen LogP contribution in [0.4, 0.5) is 0 Å². The number of carboxylic acid groups (broad SMARTS) is 1. The Morgan fingerprint density at radius 1 is 0.587 bits per heavy atom. The van der Waals surface area contributed by atoms with Crippen LogP contribution in [-0.2, 0) is 94.0 Å². The molecular formula is C55H103N19O18. The number of aliphatic carboxylic acids is 1. The highest BCUT2D eigenvalue weighted by molar-refractivity contribution is 5.87. The van der Waals surface area contributed by atoms with Gasteiger partial charge in [-0.05, 0) is 55.7 Å². The van der Waals surface area contributed by atoms with Gasteiger partial charge in [-0.2, -0.15) is 0 Å². The summed E-state index contributed by atoms with van der Waals surface area (Å²) in [6.45, 7) is 14.5. The highest BCUT2D eigenvalue weighted by Crippen LogP contribution is 2.06. The third kappa shape index (κ3) is 82.2. The van der Waals surface area contributed by atoms with Gasteiger partial charge in [-0.15, -0.1) is 17.4 Å². The molecule has 1 aliphatic rings. The van der Waals surface area contributed by atoms with Gasteiger partial charge in [-0.3, -0.25) is 38.4 Å². The number of esters is 2. The Morgan fingerprint density at radius 3 is 1.22 bits per heavy atom. The lowest BCUT2D eigenvalue weighted by Gasteiger charge is -2.07. The maximum atomic E-state index is 11.5. The van der Waals surface area contributed by atoms with E-state index in [1.54, 1.807) is 18.8 Å². The van der Waals surface area contributed by atoms with Crippen molar-refractivity contribution >= 4 is 47.4 Å². The van der Waals surface area contributed by atoms with Crippen LogP contribution in [0.25, 0.3) is 31.3 Å². The maximum Gasteiger partial charge on any atom is 0.313 e. The molecule has 5 amide bonds. The van der Waals surface area contributed by atoms with Crippen LogP contribution in [0.3, 0.4) is 0 Å². The highest BCUT2D eigenvalue weighted by Gasteiger charge is 2.16. The molecule has 0 radical (unpaired) electrons. The number of nitrogens with two attached hydrogens (primary N) is 2. The fourth-order valence-electron chi connectivity index (χ4n) is 5.72. The molecule has 0 spiro atoms. The van der Waals surface area contributed by atoms with Crippen molar-refractivity contribution in [2.24, 2.45) is 26.8 Å². The first kappa shape index (κ1) is 92.9. The SMILES string of the molecule is C#CCC.CCc1cn(CCOCCOCCNC(=O)CCCC(=O)NC)nn1.CN.CNC(=O)CCCC(=O)NCCOCCOCCN=[N+]=[N-].O=C1CCCC(=O)O1.[N-]=[N+]=NCCOCCOCCN.[N-]=[N+]=NCCOCCOCCNC(=O)CCCC(=O)O. The topological polar surface area (TPSA) is 529 Å². The summed E-state index contributed by atoms with van der Waals surface area (Å²) in [6.07, 6.45) is 12.9. The van der Waals surface area contributed by atoms with Crippen LogP contribution >= 0.6 is 0 Å². The van der Waals surface area contributed by atoms with E-state index < -0.39 is 5.97 Å². The quantitative estimate of drug-likeness (QED) is 0.00881. The summed E-state index contributed by atoms with van der Waals surface area (Å²) in [5.41, 5.74) is 34.6. The summed E-state index contributed by atoms with van der Waals surface area (Å²) in [5.74, 6) is 0.304. The molecule has 1 fully saturated rings. The Morgan fingerprint density at radius 2 is 0.924 bits per heavy atom. The van der Waals surface area contributed by atoms with E-state index in [2.05, 4.69) is 83.4 Å². The molecule has 1 aliphatic heterocycles. The number of hydrogen-bond acceptors (Lipinski definition) is 24. The number of aryl methyl sites for hydroxylation is 1. The predicted molar refractivity (Wildman–Crippen MR) is 338 cm³/mol. The van der Waals surface area contributed by atoms with Crippen molar-refractivity contribution in [3.05, 3.63) is 43.2 Å². The number of carbonyl (C=O) groups excluding carboxylic acids is 7. The molecule has 1 aromatic rings. The number of nitrogens with zero attached hydrogens (tertiary/aromatic N) is 12. The average molecular weight is 1320 g/mol. The van der Waals surface area contributed by atoms with E-state index in [0.717, 1.165) is 18.5 Å². The Kier molecular flexibility index (Phi) is 80.1. The first-order chi connectivity index (χ1) is 44.6. The number of carboxylic acids is 1. The van der Waals surface area contributed by atoms with Crippen LogP contribution in [0.5, 0.6) is 0 Å². The number of terminal acetylenes is 1. The lowest BCUT2D eigenvalue weighted by Crippen LogP contribution is -2.28. The van der Waals surface area contributed by atoms with Gasteiger partial charge in [0.15, 0.2) is 0 Å². The number of hydrogen-bond donors (Lipinski definition) is 8. The van der Waals surface area contributed by atoms with Gasteiger partial charge in [0.05, 0.1) is 118 Å². The minimum Gasteiger partial charge on any atom is -0.481 e. The zero-order chi connectivity index (χ0) is 69.6. The summed E-state index contributed by atoms with van der Waals surface area (Å²) in [6, 6.07) is 0. The maximum absolute atomic E-state index is 11.5. The average Bonchev–Trinajstić information content (AvgIpc) is 4.18. The van der Waals surface area contributed by atoms with Crippen LogP contribution < -0.4 is 38.1 Å². The number of azide groups is 3. The lowest BCUT2D eigenvalue weighted by atomic mass is 10.2. The monoisotopic (exact) mass is 1320 g/mol. The first-order valence-corrected chi connectivity index (χ1v) is 30.1. The third-order valence-corrected chi connectivity index (χ3v) is 10.2. The minimum absolute atomic E-state index is 0.00287. The lowest BCUT2D eigenvalue weighted by molar-refractivity contribution is -0.163. The molecule has 526 valence electrons. The number of ether oxygens (including phenoxy) is 9. The molecule has 37 heteroatoms. The van der Waals surface area contributed by atoms with Gasteiger partial charge in [-0.1, -0.05) is 34.4 Å². The van der Waals surface area contributed by atoms with Crippen molar-refractivity contribution in [1.29, 1.82) is 0 Å². The van der Waals surface area contributed by atoms with Gasteiger partial charge in [-0.25, -0.2) is 4.68 Å². The second-order valence-corrected chi connectivity index (χ2v) is 17.5. The molecule has 0 atom stereocenters. The Balaban J connectivity index is -0.000000347. The number of amides is 5. The van der Waals surface area contributed by atoms with E-state index in [9.17, 15) is 38.4 Å². The standard InChI is InChI=1S/C16H29N5O4.C12H23N5O4.C11H20N4O5.C6H14N4O2.C5H6O3.C4H6.CH5N/c1-3-14-13-21(20-19-14)8-10-25-12-11-24-9-7-18-16(23)6-4-5-15(22)17-2;1-14-11(18)3-2-4-12(19)15-5-7-20-9-10-21-8-6-16-17-13;12-15-14-5-7-20-9-8-19-6-4-13-10(16)2-1-3-11(17)18;7-1-3-11-5-6-12-4-2-9-10-8;6-4-2-1-3-5(7)8-4;1-3-4-2;1-2/h13H,3-12H2,1-2H3,(H,17,22)(H,18,23);2-10H2,1H3,(H,14,18)(H,15,19);1-9H2,(H,13,16)(H,17,18);1-7H2;1-3H2;1H,4H2,2H3;2H2,1H3. The number of cyclic esters (lactones) is 2. The summed E-state index contributed by atoms with van der Waals surface area (Å²) in [7, 11) is 4.65. The van der Waals surface area contributed by atoms with E-state index >= 15 is 0 Å². The molecule has 0 aliphatic carbocycles. The van der Waals surface area contributed by atoms with Crippen LogP contribution in [0.1, 0.15) is 103 Å². The number of aromatic nitrogens is 3. The molecule has 0 saturated carbocycles. The summed E-state index contributed by atoms with van der Waals surface area (Å²) >= 11 is 0. The molecule has 0 bridgehead atoms. The van der Waals surface area contributed by atoms with Crippen molar-refractivity contribution in [3.63, 3.8) is 0 Å². The Hall–Kier alpha value is -7.81. The van der Waals surface area contributed by atoms with Crippen molar-refractivity contribution in [2.45, 2.75) is 110 Å². The minimum atomic E-state index is -0.901. The molecule has 0 aromatic carbocycles. The molecule has 2 heterocycles. The fraction of sp³-hybridized carbons (Fsp3) is 0.782. The largest absolute Gasteiger partial charge is 0.481 e. The van der Waals surface area contributed by atoms with Crippen LogP contribution in [0.15, 0.2) is 21.5 Å². The summed E-state index contributed by atoms with van der Waals surface area (Å²) in [5, 5.41) is 39.4. The Bertz CT molecular complexity index is 2180. The number of rotatable bonds is 48. The number of carbonyl (C=O) groups is 8. The summed E-state index contributed by atoms with van der Waals surface area (Å²) < 4.78 is 47.6. The van der Waals surface area contributed by atoms with Crippen molar-refractivity contribution in [3.8, 4) is 12.3 Å². The first-order valence-electron chi connectivity index (χ1n) is 30.1. The molecule has 1 saturated heterocycles. The zero-order valence-electron chi connectivity index (χ0n) is 54.4. The van der Waals surface area contributed by atoms with E-state index in [1.807, 2.05) is 20.0 Å². The second kappa shape index (κ2) is 79.3. The molecular weight excluding hydrogens is 1210 g/mol. The van der Waals surface area contributed by atoms with Gasteiger partial charge in [0.1, 0.15) is 0 Å². The third-order valence-electron chi connectivity index (χ3n) is 10.2. The van der Waals surface area contributed by atoms with Crippen molar-refractivity contribution < 1.29 is 86.1 Å². The van der Waals surface area contributed by atoms with Gasteiger partial charge < -0.3 is 85.8 Å². The Labute approximate surface area is 539 Å². The van der Waals surface area contributed by atoms with Gasteiger partial charge in [0, 0.05) is 139 Å². The van der Waals surface area contributed by atoms with E-state index in [1.165, 1.54) is 7.05 Å². The van der Waals surface area contributed by atoms with Crippen LogP contribution in [0, 0.1) is 12.3 Å². The van der Waals surface area contributed by atoms with Crippen molar-refractivity contribution in [1.82, 2.24) is 41.6 Å². The smallest absolute Gasteiger partial charge is 0.313 e. The fourth-order valence-corrected chi connectivity index (χ4v) is 5.72. The van der Waals surface area contributed by atoms with E-state index in [0.29, 0.717) is 222 Å². The second-order valence-electron chi connectivity index (χ2n) is 17.5. The van der Waals surface area contributed by atoms with Gasteiger partial charge in [0.2, 0.25) is 29.5 Å². The highest BCUT2D eigenvalue weighted by atomic mass is 16.6. The van der Waals surface area contributed by atoms with E-state index in [-0.39, 0.29) is 54.3 Å². The molecule has 10 N–H and O–H groups in total.